The number of rotatable bonds is 7. The Balaban J connectivity index is 1.40. The molecule has 174 valence electrons. The van der Waals surface area contributed by atoms with Gasteiger partial charge in [-0.15, -0.1) is 0 Å². The van der Waals surface area contributed by atoms with Gasteiger partial charge in [-0.3, -0.25) is 0 Å². The average molecular weight is 453 g/mol. The molecule has 2 atom stereocenters. The minimum Gasteiger partial charge on any atom is -0.391 e. The Labute approximate surface area is 191 Å². The molecular weight excluding hydrogens is 423 g/mol. The highest BCUT2D eigenvalue weighted by Gasteiger charge is 2.23. The van der Waals surface area contributed by atoms with E-state index in [1.165, 1.54) is 12.3 Å². The van der Waals surface area contributed by atoms with Crippen LogP contribution >= 0.6 is 0 Å². The molecule has 0 aliphatic carbocycles. The molecule has 0 radical (unpaired) electrons. The molecule has 1 aliphatic heterocycles. The van der Waals surface area contributed by atoms with Crippen LogP contribution in [0, 0.1) is 11.7 Å². The number of β-amino-alcohol motifs (C(OH)–C–C–N with tert-alkyl or cyclic N) is 1. The van der Waals surface area contributed by atoms with Crippen LogP contribution < -0.4 is 16.0 Å². The number of aliphatic hydroxyl groups is 1. The third-order valence-corrected chi connectivity index (χ3v) is 6.17. The first-order valence-corrected chi connectivity index (χ1v) is 11.4. The van der Waals surface area contributed by atoms with Crippen LogP contribution in [0.3, 0.4) is 0 Å². The molecule has 1 saturated heterocycles. The van der Waals surface area contributed by atoms with E-state index in [0.29, 0.717) is 25.3 Å². The van der Waals surface area contributed by atoms with Crippen LogP contribution in [0.25, 0.3) is 11.3 Å². The number of pyridine rings is 1. The highest BCUT2D eigenvalue weighted by atomic mass is 19.1. The minimum absolute atomic E-state index is 0.175. The predicted molar refractivity (Wildman–Crippen MR) is 125 cm³/mol. The fourth-order valence-corrected chi connectivity index (χ4v) is 4.26. The number of anilines is 2. The summed E-state index contributed by atoms with van der Waals surface area (Å²) in [5, 5.41) is 24.9. The van der Waals surface area contributed by atoms with E-state index in [1.807, 2.05) is 18.5 Å². The normalized spacial score (nSPS) is 18.9. The van der Waals surface area contributed by atoms with Crippen molar-refractivity contribution in [3.05, 3.63) is 53.9 Å². The summed E-state index contributed by atoms with van der Waals surface area (Å²) >= 11 is 0. The molecule has 0 amide bonds. The van der Waals surface area contributed by atoms with Crippen LogP contribution in [0.4, 0.5) is 16.0 Å². The summed E-state index contributed by atoms with van der Waals surface area (Å²) in [5.41, 5.74) is 3.33. The van der Waals surface area contributed by atoms with Crippen molar-refractivity contribution < 1.29 is 9.50 Å². The van der Waals surface area contributed by atoms with Crippen molar-refractivity contribution in [3.63, 3.8) is 0 Å². The summed E-state index contributed by atoms with van der Waals surface area (Å²) in [6, 6.07) is 4.98. The molecule has 5 rings (SSSR count). The predicted octanol–water partition coefficient (Wildman–Crippen LogP) is 2.63. The molecule has 4 aromatic rings. The van der Waals surface area contributed by atoms with E-state index in [4.69, 9.17) is 4.98 Å². The Morgan fingerprint density at radius 2 is 2.12 bits per heavy atom. The van der Waals surface area contributed by atoms with Gasteiger partial charge in [-0.25, -0.2) is 14.4 Å². The number of hydrogen-bond acceptors (Lipinski definition) is 7. The molecule has 0 bridgehead atoms. The molecule has 4 aromatic heterocycles. The van der Waals surface area contributed by atoms with Crippen LogP contribution in [0.2, 0.25) is 0 Å². The van der Waals surface area contributed by atoms with Gasteiger partial charge in [0.1, 0.15) is 23.1 Å². The maximum atomic E-state index is 13.5. The van der Waals surface area contributed by atoms with E-state index in [2.05, 4.69) is 39.9 Å². The van der Waals surface area contributed by atoms with Gasteiger partial charge in [-0.05, 0) is 31.0 Å². The van der Waals surface area contributed by atoms with E-state index in [-0.39, 0.29) is 23.8 Å². The summed E-state index contributed by atoms with van der Waals surface area (Å²) in [7, 11) is 0. The maximum absolute atomic E-state index is 13.5. The number of nitrogens with one attached hydrogen (secondary N) is 3. The SMILES string of the molecule is CC(C)c1cnn2c(NCc3cn4cc(F)ccc4n3)cc(NC[C@H]3CCNC[C@@H]3O)nc12. The second kappa shape index (κ2) is 8.95. The van der Waals surface area contributed by atoms with Gasteiger partial charge in [0, 0.05) is 43.0 Å². The molecule has 1 aliphatic rings. The van der Waals surface area contributed by atoms with Crippen molar-refractivity contribution in [2.75, 3.05) is 30.3 Å². The van der Waals surface area contributed by atoms with Crippen molar-refractivity contribution in [1.29, 1.82) is 0 Å². The molecule has 0 unspecified atom stereocenters. The quantitative estimate of drug-likeness (QED) is 0.342. The number of fused-ring (bicyclic) bond motifs is 2. The van der Waals surface area contributed by atoms with Crippen molar-refractivity contribution in [3.8, 4) is 0 Å². The van der Waals surface area contributed by atoms with Gasteiger partial charge in [0.05, 0.1) is 24.5 Å². The van der Waals surface area contributed by atoms with Crippen molar-refractivity contribution in [2.45, 2.75) is 38.8 Å². The first kappa shape index (κ1) is 21.6. The topological polar surface area (TPSA) is 104 Å². The Hall–Kier alpha value is -3.24. The van der Waals surface area contributed by atoms with Gasteiger partial charge >= 0.3 is 0 Å². The van der Waals surface area contributed by atoms with Crippen LogP contribution in [0.15, 0.2) is 36.8 Å². The number of piperidine rings is 1. The van der Waals surface area contributed by atoms with E-state index in [1.54, 1.807) is 15.0 Å². The molecule has 1 fully saturated rings. The number of imidazole rings is 1. The monoisotopic (exact) mass is 452 g/mol. The number of aliphatic hydroxyl groups excluding tert-OH is 1. The lowest BCUT2D eigenvalue weighted by molar-refractivity contribution is 0.0883. The average Bonchev–Trinajstić information content (AvgIpc) is 3.40. The third kappa shape index (κ3) is 4.49. The minimum atomic E-state index is -0.367. The van der Waals surface area contributed by atoms with Gasteiger partial charge < -0.3 is 25.5 Å². The summed E-state index contributed by atoms with van der Waals surface area (Å²) < 4.78 is 17.0. The molecular formula is C23H29FN8O. The van der Waals surface area contributed by atoms with Gasteiger partial charge in [0.2, 0.25) is 0 Å². The van der Waals surface area contributed by atoms with Gasteiger partial charge in [0.15, 0.2) is 5.65 Å². The number of nitrogens with zero attached hydrogens (tertiary/aromatic N) is 5. The molecule has 0 saturated carbocycles. The van der Waals surface area contributed by atoms with Crippen LogP contribution in [0.5, 0.6) is 0 Å². The Morgan fingerprint density at radius 1 is 1.24 bits per heavy atom. The summed E-state index contributed by atoms with van der Waals surface area (Å²) in [6.07, 6.45) is 5.63. The smallest absolute Gasteiger partial charge is 0.163 e. The van der Waals surface area contributed by atoms with E-state index >= 15 is 0 Å². The van der Waals surface area contributed by atoms with Crippen molar-refractivity contribution in [2.24, 2.45) is 5.92 Å². The van der Waals surface area contributed by atoms with E-state index < -0.39 is 0 Å². The lowest BCUT2D eigenvalue weighted by atomic mass is 9.95. The largest absolute Gasteiger partial charge is 0.391 e. The molecule has 0 aromatic carbocycles. The molecule has 4 N–H and O–H groups in total. The molecule has 5 heterocycles. The van der Waals surface area contributed by atoms with Crippen LogP contribution in [-0.4, -0.2) is 54.8 Å². The van der Waals surface area contributed by atoms with Crippen LogP contribution in [0.1, 0.15) is 37.4 Å². The fourth-order valence-electron chi connectivity index (χ4n) is 4.26. The number of halogens is 1. The molecule has 10 heteroatoms. The van der Waals surface area contributed by atoms with E-state index in [9.17, 15) is 9.50 Å². The zero-order valence-corrected chi connectivity index (χ0v) is 18.8. The molecule has 33 heavy (non-hydrogen) atoms. The zero-order chi connectivity index (χ0) is 22.9. The zero-order valence-electron chi connectivity index (χ0n) is 18.8. The summed E-state index contributed by atoms with van der Waals surface area (Å²) in [4.78, 5) is 9.37. The summed E-state index contributed by atoms with van der Waals surface area (Å²) in [6.45, 7) is 6.86. The summed E-state index contributed by atoms with van der Waals surface area (Å²) in [5.74, 6) is 1.66. The second-order valence-electron chi connectivity index (χ2n) is 8.92. The standard InChI is InChI=1S/C23H29FN8O/c1-14(2)18-10-28-32-22(27-9-17-13-31-12-16(24)3-4-21(31)29-17)7-20(30-23(18)32)26-8-15-5-6-25-11-19(15)33/h3-4,7,10,12-15,19,25,27,33H,5-6,8-9,11H2,1-2H3,(H,26,30)/t15-,19+/m1/s1. The Bertz CT molecular complexity index is 1270. The number of hydrogen-bond donors (Lipinski definition) is 4. The Morgan fingerprint density at radius 3 is 2.94 bits per heavy atom. The molecule has 9 nitrogen and oxygen atoms in total. The fraction of sp³-hybridized carbons (Fsp3) is 0.435. The lowest BCUT2D eigenvalue weighted by Crippen LogP contribution is -2.43. The highest BCUT2D eigenvalue weighted by molar-refractivity contribution is 5.61. The van der Waals surface area contributed by atoms with Gasteiger partial charge in [0.25, 0.3) is 0 Å². The maximum Gasteiger partial charge on any atom is 0.163 e. The first-order valence-electron chi connectivity index (χ1n) is 11.4. The lowest BCUT2D eigenvalue weighted by Gasteiger charge is -2.28. The Kier molecular flexibility index (Phi) is 5.86. The highest BCUT2D eigenvalue weighted by Crippen LogP contribution is 2.25. The van der Waals surface area contributed by atoms with Gasteiger partial charge in [-0.1, -0.05) is 13.8 Å². The number of aromatic nitrogens is 5. The second-order valence-corrected chi connectivity index (χ2v) is 8.92. The van der Waals surface area contributed by atoms with Crippen molar-refractivity contribution >= 4 is 22.9 Å². The first-order chi connectivity index (χ1) is 16.0. The third-order valence-electron chi connectivity index (χ3n) is 6.17. The van der Waals surface area contributed by atoms with Crippen molar-refractivity contribution in [1.82, 2.24) is 29.3 Å². The van der Waals surface area contributed by atoms with Crippen LogP contribution in [-0.2, 0) is 6.54 Å². The molecule has 0 spiro atoms. The van der Waals surface area contributed by atoms with E-state index in [0.717, 1.165) is 41.5 Å². The van der Waals surface area contributed by atoms with Gasteiger partial charge in [-0.2, -0.15) is 9.61 Å².